The van der Waals surface area contributed by atoms with Crippen LogP contribution >= 0.6 is 23.2 Å². The predicted octanol–water partition coefficient (Wildman–Crippen LogP) is 4.00. The highest BCUT2D eigenvalue weighted by Gasteiger charge is 2.31. The first-order valence-corrected chi connectivity index (χ1v) is 11.4. The number of nitrogens with one attached hydrogen (secondary N) is 1. The maximum atomic E-state index is 13.2. The van der Waals surface area contributed by atoms with E-state index < -0.39 is 16.9 Å². The topological polar surface area (TPSA) is 95.8 Å². The van der Waals surface area contributed by atoms with Crippen LogP contribution in [0.25, 0.3) is 0 Å². The van der Waals surface area contributed by atoms with E-state index in [2.05, 4.69) is 10.2 Å². The molecule has 1 unspecified atom stereocenters. The Morgan fingerprint density at radius 1 is 1.06 bits per heavy atom. The van der Waals surface area contributed by atoms with Crippen molar-refractivity contribution in [3.63, 3.8) is 0 Å². The third-order valence-corrected chi connectivity index (χ3v) is 6.20. The lowest BCUT2D eigenvalue weighted by molar-refractivity contribution is -0.384. The molecule has 2 aromatic rings. The molecule has 1 fully saturated rings. The van der Waals surface area contributed by atoms with Crippen molar-refractivity contribution in [2.45, 2.75) is 26.4 Å². The first kappa shape index (κ1) is 25.0. The molecule has 2 amide bonds. The van der Waals surface area contributed by atoms with Gasteiger partial charge in [-0.25, -0.2) is 0 Å². The van der Waals surface area contributed by atoms with Gasteiger partial charge in [0, 0.05) is 49.9 Å². The molecule has 1 aliphatic rings. The lowest BCUT2D eigenvalue weighted by Gasteiger charge is -2.37. The van der Waals surface area contributed by atoms with Gasteiger partial charge in [0.2, 0.25) is 5.91 Å². The molecule has 0 aliphatic carbocycles. The fourth-order valence-electron chi connectivity index (χ4n) is 3.71. The van der Waals surface area contributed by atoms with Crippen LogP contribution in [0.4, 0.5) is 5.69 Å². The number of carbonyl (C=O) groups is 2. The second-order valence-electron chi connectivity index (χ2n) is 8.34. The van der Waals surface area contributed by atoms with Crippen LogP contribution in [-0.4, -0.2) is 58.8 Å². The van der Waals surface area contributed by atoms with Crippen LogP contribution < -0.4 is 5.32 Å². The monoisotopic (exact) mass is 492 g/mol. The molecule has 1 heterocycles. The lowest BCUT2D eigenvalue weighted by atomic mass is 10.0. The zero-order valence-corrected chi connectivity index (χ0v) is 20.0. The molecule has 0 radical (unpaired) electrons. The molecule has 2 aromatic carbocycles. The highest BCUT2D eigenvalue weighted by molar-refractivity contribution is 6.34. The Morgan fingerprint density at radius 3 is 2.24 bits per heavy atom. The van der Waals surface area contributed by atoms with Gasteiger partial charge in [0.25, 0.3) is 11.6 Å². The quantitative estimate of drug-likeness (QED) is 0.465. The Hall–Kier alpha value is -2.68. The molecule has 1 aliphatic heterocycles. The number of carbonyl (C=O) groups excluding carboxylic acids is 2. The van der Waals surface area contributed by atoms with Crippen LogP contribution in [0.1, 0.15) is 29.8 Å². The molecular weight excluding hydrogens is 467 g/mol. The van der Waals surface area contributed by atoms with Gasteiger partial charge in [-0.05, 0) is 29.7 Å². The molecule has 33 heavy (non-hydrogen) atoms. The number of rotatable bonds is 7. The van der Waals surface area contributed by atoms with Crippen molar-refractivity contribution < 1.29 is 14.5 Å². The van der Waals surface area contributed by atoms with Gasteiger partial charge in [-0.3, -0.25) is 24.6 Å². The van der Waals surface area contributed by atoms with E-state index in [0.29, 0.717) is 18.1 Å². The zero-order chi connectivity index (χ0) is 24.1. The fraction of sp³-hybridized carbons (Fsp3) is 0.391. The van der Waals surface area contributed by atoms with Gasteiger partial charge in [0.1, 0.15) is 6.04 Å². The molecule has 8 nitrogen and oxygen atoms in total. The summed E-state index contributed by atoms with van der Waals surface area (Å²) in [6.07, 6.45) is 0. The van der Waals surface area contributed by atoms with E-state index >= 15 is 0 Å². The molecule has 0 aromatic heterocycles. The van der Waals surface area contributed by atoms with E-state index in [9.17, 15) is 19.7 Å². The number of piperazine rings is 1. The summed E-state index contributed by atoms with van der Waals surface area (Å²) in [5.74, 6) is -0.837. The van der Waals surface area contributed by atoms with Crippen molar-refractivity contribution in [2.75, 3.05) is 26.2 Å². The third-order valence-electron chi connectivity index (χ3n) is 5.63. The van der Waals surface area contributed by atoms with Gasteiger partial charge in [0.15, 0.2) is 0 Å². The maximum Gasteiger partial charge on any atom is 0.270 e. The number of nitrogens with zero attached hydrogens (tertiary/aromatic N) is 3. The first-order chi connectivity index (χ1) is 15.7. The van der Waals surface area contributed by atoms with Crippen LogP contribution in [0, 0.1) is 16.0 Å². The number of benzene rings is 2. The predicted molar refractivity (Wildman–Crippen MR) is 128 cm³/mol. The average Bonchev–Trinajstić information content (AvgIpc) is 2.78. The van der Waals surface area contributed by atoms with E-state index in [-0.39, 0.29) is 28.1 Å². The molecule has 176 valence electrons. The standard InChI is InChI=1S/C23H26Cl2N4O4/c1-15(2)21(26-22(30)19-8-7-18(29(32)33)13-20(19)25)23(31)28-11-9-27(10-12-28)14-16-3-5-17(24)6-4-16/h3-8,13,15,21H,9-12,14H2,1-2H3,(H,26,30). The van der Waals surface area contributed by atoms with Crippen LogP contribution in [0.15, 0.2) is 42.5 Å². The van der Waals surface area contributed by atoms with Crippen molar-refractivity contribution in [3.8, 4) is 0 Å². The maximum absolute atomic E-state index is 13.2. The summed E-state index contributed by atoms with van der Waals surface area (Å²) < 4.78 is 0. The van der Waals surface area contributed by atoms with E-state index in [1.165, 1.54) is 12.1 Å². The number of halogens is 2. The van der Waals surface area contributed by atoms with Gasteiger partial charge in [-0.15, -0.1) is 0 Å². The van der Waals surface area contributed by atoms with Crippen molar-refractivity contribution in [1.82, 2.24) is 15.1 Å². The Balaban J connectivity index is 1.60. The van der Waals surface area contributed by atoms with E-state index in [1.807, 2.05) is 38.1 Å². The second kappa shape index (κ2) is 11.0. The molecular formula is C23H26Cl2N4O4. The highest BCUT2D eigenvalue weighted by atomic mass is 35.5. The minimum absolute atomic E-state index is 0.0348. The fourth-order valence-corrected chi connectivity index (χ4v) is 4.09. The number of non-ortho nitro benzene ring substituents is 1. The molecule has 0 spiro atoms. The first-order valence-electron chi connectivity index (χ1n) is 10.7. The summed E-state index contributed by atoms with van der Waals surface area (Å²) in [4.78, 5) is 40.3. The van der Waals surface area contributed by atoms with Crippen LogP contribution in [0.5, 0.6) is 0 Å². The Bertz CT molecular complexity index is 1020. The summed E-state index contributed by atoms with van der Waals surface area (Å²) in [6.45, 7) is 7.06. The van der Waals surface area contributed by atoms with Gasteiger partial charge >= 0.3 is 0 Å². The van der Waals surface area contributed by atoms with Crippen LogP contribution in [-0.2, 0) is 11.3 Å². The van der Waals surface area contributed by atoms with Crippen molar-refractivity contribution in [3.05, 3.63) is 73.8 Å². The van der Waals surface area contributed by atoms with Crippen LogP contribution in [0.3, 0.4) is 0 Å². The highest BCUT2D eigenvalue weighted by Crippen LogP contribution is 2.23. The number of amides is 2. The molecule has 1 N–H and O–H groups in total. The normalized spacial score (nSPS) is 15.4. The smallest absolute Gasteiger partial charge is 0.270 e. The summed E-state index contributed by atoms with van der Waals surface area (Å²) in [6, 6.07) is 10.6. The molecule has 1 saturated heterocycles. The minimum Gasteiger partial charge on any atom is -0.340 e. The number of nitro groups is 1. The SMILES string of the molecule is CC(C)C(NC(=O)c1ccc([N+](=O)[O-])cc1Cl)C(=O)N1CCN(Cc2ccc(Cl)cc2)CC1. The summed E-state index contributed by atoms with van der Waals surface area (Å²) in [5, 5.41) is 14.3. The molecule has 3 rings (SSSR count). The average molecular weight is 493 g/mol. The second-order valence-corrected chi connectivity index (χ2v) is 9.19. The van der Waals surface area contributed by atoms with E-state index in [4.69, 9.17) is 23.2 Å². The molecule has 1 atom stereocenters. The van der Waals surface area contributed by atoms with Crippen molar-refractivity contribution in [2.24, 2.45) is 5.92 Å². The number of nitro benzene ring substituents is 1. The van der Waals surface area contributed by atoms with Gasteiger partial charge < -0.3 is 10.2 Å². The van der Waals surface area contributed by atoms with Gasteiger partial charge in [-0.2, -0.15) is 0 Å². The van der Waals surface area contributed by atoms with E-state index in [0.717, 1.165) is 31.3 Å². The largest absolute Gasteiger partial charge is 0.340 e. The Labute approximate surface area is 202 Å². The van der Waals surface area contributed by atoms with E-state index in [1.54, 1.807) is 4.90 Å². The summed E-state index contributed by atoms with van der Waals surface area (Å²) in [7, 11) is 0. The van der Waals surface area contributed by atoms with Crippen molar-refractivity contribution in [1.29, 1.82) is 0 Å². The number of hydrogen-bond donors (Lipinski definition) is 1. The Kier molecular flexibility index (Phi) is 8.29. The van der Waals surface area contributed by atoms with Crippen LogP contribution in [0.2, 0.25) is 10.0 Å². The molecule has 0 saturated carbocycles. The molecule has 0 bridgehead atoms. The number of hydrogen-bond acceptors (Lipinski definition) is 5. The lowest BCUT2D eigenvalue weighted by Crippen LogP contribution is -2.56. The zero-order valence-electron chi connectivity index (χ0n) is 18.5. The minimum atomic E-state index is -0.730. The van der Waals surface area contributed by atoms with Gasteiger partial charge in [-0.1, -0.05) is 49.2 Å². The van der Waals surface area contributed by atoms with Gasteiger partial charge in [0.05, 0.1) is 15.5 Å². The summed E-state index contributed by atoms with van der Waals surface area (Å²) >= 11 is 12.0. The van der Waals surface area contributed by atoms with Crippen molar-refractivity contribution >= 4 is 40.7 Å². The molecule has 10 heteroatoms. The summed E-state index contributed by atoms with van der Waals surface area (Å²) in [5.41, 5.74) is 1.05. The third kappa shape index (κ3) is 6.43. The Morgan fingerprint density at radius 2 is 1.70 bits per heavy atom.